The van der Waals surface area contributed by atoms with Gasteiger partial charge in [-0.25, -0.2) is 0 Å². The second-order valence-corrected chi connectivity index (χ2v) is 6.74. The maximum absolute atomic E-state index is 5.35. The van der Waals surface area contributed by atoms with E-state index in [4.69, 9.17) is 9.47 Å². The molecule has 27 heavy (non-hydrogen) atoms. The normalized spacial score (nSPS) is 10.7. The fourth-order valence-electron chi connectivity index (χ4n) is 3.07. The maximum Gasteiger partial charge on any atom is 0.160 e. The minimum Gasteiger partial charge on any atom is -0.493 e. The Morgan fingerprint density at radius 1 is 0.630 bits per heavy atom. The lowest BCUT2D eigenvalue weighted by Crippen LogP contribution is -2.20. The fraction of sp³-hybridized carbons (Fsp3) is 0.478. The summed E-state index contributed by atoms with van der Waals surface area (Å²) in [6.45, 7) is 4.24. The van der Waals surface area contributed by atoms with Gasteiger partial charge in [0.15, 0.2) is 11.5 Å². The number of rotatable bonds is 14. The number of ether oxygens (including phenoxy) is 2. The highest BCUT2D eigenvalue weighted by Gasteiger charge is 2.04. The largest absolute Gasteiger partial charge is 0.493 e. The molecule has 4 nitrogen and oxygen atoms in total. The molecule has 0 saturated carbocycles. The van der Waals surface area contributed by atoms with Gasteiger partial charge in [-0.15, -0.1) is 0 Å². The molecule has 0 aliphatic carbocycles. The average molecular weight is 371 g/mol. The summed E-state index contributed by atoms with van der Waals surface area (Å²) in [5.74, 6) is 1.58. The molecule has 2 rings (SSSR count). The zero-order chi connectivity index (χ0) is 19.2. The lowest BCUT2D eigenvalue weighted by molar-refractivity contribution is 0.354. The van der Waals surface area contributed by atoms with Crippen molar-refractivity contribution < 1.29 is 9.47 Å². The van der Waals surface area contributed by atoms with E-state index >= 15 is 0 Å². The van der Waals surface area contributed by atoms with Gasteiger partial charge in [-0.3, -0.25) is 0 Å². The van der Waals surface area contributed by atoms with E-state index in [9.17, 15) is 0 Å². The molecular formula is C23H34N2O2. The maximum atomic E-state index is 5.35. The smallest absolute Gasteiger partial charge is 0.160 e. The van der Waals surface area contributed by atoms with Crippen molar-refractivity contribution in [1.29, 1.82) is 0 Å². The molecule has 148 valence electrons. The van der Waals surface area contributed by atoms with Crippen LogP contribution in [0.4, 0.5) is 0 Å². The predicted octanol–water partition coefficient (Wildman–Crippen LogP) is 3.84. The molecule has 0 amide bonds. The van der Waals surface area contributed by atoms with Crippen molar-refractivity contribution in [3.8, 4) is 11.5 Å². The number of hydrogen-bond donors (Lipinski definition) is 2. The van der Waals surface area contributed by atoms with E-state index in [1.165, 1.54) is 30.4 Å². The topological polar surface area (TPSA) is 42.5 Å². The summed E-state index contributed by atoms with van der Waals surface area (Å²) in [7, 11) is 3.34. The second kappa shape index (κ2) is 13.2. The molecular weight excluding hydrogens is 336 g/mol. The van der Waals surface area contributed by atoms with Gasteiger partial charge in [0.25, 0.3) is 0 Å². The Hall–Kier alpha value is -2.04. The molecule has 0 radical (unpaired) electrons. The Kier molecular flexibility index (Phi) is 10.4. The molecule has 0 spiro atoms. The van der Waals surface area contributed by atoms with Crippen LogP contribution in [-0.4, -0.2) is 40.4 Å². The number of nitrogens with one attached hydrogen (secondary N) is 2. The van der Waals surface area contributed by atoms with Gasteiger partial charge in [0.05, 0.1) is 14.2 Å². The highest BCUT2D eigenvalue weighted by molar-refractivity contribution is 5.42. The van der Waals surface area contributed by atoms with Gasteiger partial charge < -0.3 is 20.1 Å². The molecule has 0 aromatic heterocycles. The highest BCUT2D eigenvalue weighted by atomic mass is 16.5. The first-order valence-corrected chi connectivity index (χ1v) is 9.99. The standard InChI is InChI=1S/C23H34N2O2/c1-26-22-12-11-21(19-23(22)27-2)14-18-25-16-8-4-7-15-24-17-13-20-9-5-3-6-10-20/h3,5-6,9-12,19,24-25H,4,7-8,13-18H2,1-2H3. The van der Waals surface area contributed by atoms with Gasteiger partial charge in [0, 0.05) is 0 Å². The molecule has 2 aromatic rings. The lowest BCUT2D eigenvalue weighted by atomic mass is 10.1. The quantitative estimate of drug-likeness (QED) is 0.496. The Morgan fingerprint density at radius 3 is 1.89 bits per heavy atom. The third-order valence-corrected chi connectivity index (χ3v) is 4.68. The number of benzene rings is 2. The van der Waals surface area contributed by atoms with Crippen LogP contribution in [0.2, 0.25) is 0 Å². The molecule has 2 N–H and O–H groups in total. The average Bonchev–Trinajstić information content (AvgIpc) is 2.72. The summed E-state index contributed by atoms with van der Waals surface area (Å²) in [5, 5.41) is 7.07. The van der Waals surface area contributed by atoms with Crippen LogP contribution in [0.5, 0.6) is 11.5 Å². The SMILES string of the molecule is COc1ccc(CCNCCCCCNCCc2ccccc2)cc1OC. The molecule has 0 saturated heterocycles. The van der Waals surface area contributed by atoms with E-state index in [2.05, 4.69) is 53.1 Å². The first kappa shape index (κ1) is 21.3. The van der Waals surface area contributed by atoms with E-state index in [0.29, 0.717) is 0 Å². The Bertz CT molecular complexity index is 632. The summed E-state index contributed by atoms with van der Waals surface area (Å²) < 4.78 is 10.6. The van der Waals surface area contributed by atoms with Gasteiger partial charge >= 0.3 is 0 Å². The summed E-state index contributed by atoms with van der Waals surface area (Å²) >= 11 is 0. The van der Waals surface area contributed by atoms with Crippen molar-refractivity contribution in [2.24, 2.45) is 0 Å². The molecule has 0 aliphatic heterocycles. The first-order chi connectivity index (χ1) is 13.3. The van der Waals surface area contributed by atoms with Crippen LogP contribution < -0.4 is 20.1 Å². The first-order valence-electron chi connectivity index (χ1n) is 9.99. The van der Waals surface area contributed by atoms with Crippen LogP contribution in [0, 0.1) is 0 Å². The molecule has 0 bridgehead atoms. The molecule has 0 unspecified atom stereocenters. The summed E-state index contributed by atoms with van der Waals surface area (Å²) in [5.41, 5.74) is 2.67. The number of hydrogen-bond acceptors (Lipinski definition) is 4. The van der Waals surface area contributed by atoms with Crippen molar-refractivity contribution in [3.63, 3.8) is 0 Å². The third-order valence-electron chi connectivity index (χ3n) is 4.68. The van der Waals surface area contributed by atoms with Crippen LogP contribution in [0.25, 0.3) is 0 Å². The van der Waals surface area contributed by atoms with E-state index < -0.39 is 0 Å². The van der Waals surface area contributed by atoms with E-state index in [1.807, 2.05) is 6.07 Å². The predicted molar refractivity (Wildman–Crippen MR) is 113 cm³/mol. The van der Waals surface area contributed by atoms with Gasteiger partial charge in [-0.1, -0.05) is 42.8 Å². The van der Waals surface area contributed by atoms with Crippen molar-refractivity contribution in [2.45, 2.75) is 32.1 Å². The van der Waals surface area contributed by atoms with E-state index in [-0.39, 0.29) is 0 Å². The Balaban J connectivity index is 1.43. The molecule has 0 heterocycles. The van der Waals surface area contributed by atoms with Crippen molar-refractivity contribution in [2.75, 3.05) is 40.4 Å². The molecule has 0 aliphatic rings. The fourth-order valence-corrected chi connectivity index (χ4v) is 3.07. The van der Waals surface area contributed by atoms with E-state index in [0.717, 1.165) is 50.5 Å². The zero-order valence-corrected chi connectivity index (χ0v) is 16.8. The Labute approximate surface area is 164 Å². The summed E-state index contributed by atoms with van der Waals surface area (Å²) in [6.07, 6.45) is 5.85. The van der Waals surface area contributed by atoms with E-state index in [1.54, 1.807) is 14.2 Å². The van der Waals surface area contributed by atoms with Gasteiger partial charge in [-0.2, -0.15) is 0 Å². The van der Waals surface area contributed by atoms with Crippen molar-refractivity contribution >= 4 is 0 Å². The van der Waals surface area contributed by atoms with Gasteiger partial charge in [0.2, 0.25) is 0 Å². The number of unbranched alkanes of at least 4 members (excludes halogenated alkanes) is 2. The molecule has 4 heteroatoms. The summed E-state index contributed by atoms with van der Waals surface area (Å²) in [4.78, 5) is 0. The highest BCUT2D eigenvalue weighted by Crippen LogP contribution is 2.27. The van der Waals surface area contributed by atoms with Crippen LogP contribution >= 0.6 is 0 Å². The monoisotopic (exact) mass is 370 g/mol. The molecule has 2 aromatic carbocycles. The van der Waals surface area contributed by atoms with Crippen molar-refractivity contribution in [1.82, 2.24) is 10.6 Å². The second-order valence-electron chi connectivity index (χ2n) is 6.74. The van der Waals surface area contributed by atoms with Crippen molar-refractivity contribution in [3.05, 3.63) is 59.7 Å². The van der Waals surface area contributed by atoms with Gasteiger partial charge in [-0.05, 0) is 75.1 Å². The van der Waals surface area contributed by atoms with Gasteiger partial charge in [0.1, 0.15) is 0 Å². The van der Waals surface area contributed by atoms with Crippen LogP contribution in [0.3, 0.4) is 0 Å². The molecule has 0 atom stereocenters. The minimum absolute atomic E-state index is 0.784. The Morgan fingerprint density at radius 2 is 1.26 bits per heavy atom. The minimum atomic E-state index is 0.784. The molecule has 0 fully saturated rings. The number of methoxy groups -OCH3 is 2. The summed E-state index contributed by atoms with van der Waals surface area (Å²) in [6, 6.07) is 16.8. The van der Waals surface area contributed by atoms with Crippen LogP contribution in [-0.2, 0) is 12.8 Å². The van der Waals surface area contributed by atoms with Crippen LogP contribution in [0.1, 0.15) is 30.4 Å². The zero-order valence-electron chi connectivity index (χ0n) is 16.8. The lowest BCUT2D eigenvalue weighted by Gasteiger charge is -2.10. The third kappa shape index (κ3) is 8.46. The van der Waals surface area contributed by atoms with Crippen LogP contribution in [0.15, 0.2) is 48.5 Å².